The lowest BCUT2D eigenvalue weighted by molar-refractivity contribution is 0.0636. The maximum atomic E-state index is 11.7. The van der Waals surface area contributed by atoms with Crippen LogP contribution in [0.3, 0.4) is 0 Å². The average Bonchev–Trinajstić information content (AvgIpc) is 2.46. The molecule has 128 valence electrons. The molecular formula is C18H29N3O2. The van der Waals surface area contributed by atoms with Crippen LogP contribution in [0.1, 0.15) is 52.0 Å². The van der Waals surface area contributed by atoms with Gasteiger partial charge in [0.2, 0.25) is 0 Å². The van der Waals surface area contributed by atoms with E-state index >= 15 is 0 Å². The Morgan fingerprint density at radius 1 is 1.17 bits per heavy atom. The predicted molar refractivity (Wildman–Crippen MR) is 93.4 cm³/mol. The summed E-state index contributed by atoms with van der Waals surface area (Å²) >= 11 is 0. The van der Waals surface area contributed by atoms with Crippen LogP contribution in [-0.4, -0.2) is 23.8 Å². The third-order valence-electron chi connectivity index (χ3n) is 3.97. The van der Waals surface area contributed by atoms with Crippen molar-refractivity contribution in [1.82, 2.24) is 5.32 Å². The van der Waals surface area contributed by atoms with Gasteiger partial charge in [-0.1, -0.05) is 12.1 Å². The van der Waals surface area contributed by atoms with E-state index < -0.39 is 11.7 Å². The summed E-state index contributed by atoms with van der Waals surface area (Å²) in [5.74, 6) is 0. The maximum absolute atomic E-state index is 11.7. The zero-order chi connectivity index (χ0) is 16.9. The molecule has 1 amide bonds. The van der Waals surface area contributed by atoms with Gasteiger partial charge >= 0.3 is 6.09 Å². The molecule has 1 aromatic rings. The molecule has 23 heavy (non-hydrogen) atoms. The molecule has 0 radical (unpaired) electrons. The summed E-state index contributed by atoms with van der Waals surface area (Å²) < 4.78 is 5.23. The van der Waals surface area contributed by atoms with Crippen LogP contribution >= 0.6 is 0 Å². The fourth-order valence-electron chi connectivity index (χ4n) is 2.71. The summed E-state index contributed by atoms with van der Waals surface area (Å²) in [5.41, 5.74) is 7.38. The molecule has 0 aromatic heterocycles. The van der Waals surface area contributed by atoms with E-state index in [0.29, 0.717) is 12.1 Å². The molecule has 0 saturated heterocycles. The van der Waals surface area contributed by atoms with Crippen molar-refractivity contribution in [3.63, 3.8) is 0 Å². The molecule has 0 heterocycles. The number of benzene rings is 1. The highest BCUT2D eigenvalue weighted by Gasteiger charge is 2.18. The largest absolute Gasteiger partial charge is 0.444 e. The van der Waals surface area contributed by atoms with Gasteiger partial charge in [0.15, 0.2) is 0 Å². The van der Waals surface area contributed by atoms with Gasteiger partial charge in [0, 0.05) is 24.3 Å². The molecule has 1 fully saturated rings. The minimum atomic E-state index is -0.490. The third-order valence-corrected chi connectivity index (χ3v) is 3.97. The highest BCUT2D eigenvalue weighted by atomic mass is 16.6. The van der Waals surface area contributed by atoms with E-state index in [2.05, 4.69) is 10.6 Å². The molecule has 2 rings (SSSR count). The molecule has 4 N–H and O–H groups in total. The van der Waals surface area contributed by atoms with Gasteiger partial charge in [0.25, 0.3) is 0 Å². The first kappa shape index (κ1) is 17.8. The lowest BCUT2D eigenvalue weighted by atomic mass is 9.92. The highest BCUT2D eigenvalue weighted by molar-refractivity contribution is 5.84. The molecule has 0 atom stereocenters. The Hall–Kier alpha value is -1.59. The van der Waals surface area contributed by atoms with Crippen LogP contribution in [0.15, 0.2) is 24.3 Å². The van der Waals surface area contributed by atoms with Crippen LogP contribution in [0.2, 0.25) is 0 Å². The average molecular weight is 319 g/mol. The maximum Gasteiger partial charge on any atom is 0.412 e. The number of nitrogens with two attached hydrogens (primary N) is 1. The van der Waals surface area contributed by atoms with E-state index in [-0.39, 0.29) is 0 Å². The molecule has 5 heteroatoms. The number of hydrogen-bond acceptors (Lipinski definition) is 4. The van der Waals surface area contributed by atoms with Crippen LogP contribution in [0.4, 0.5) is 10.5 Å². The Morgan fingerprint density at radius 2 is 1.78 bits per heavy atom. The van der Waals surface area contributed by atoms with E-state index in [9.17, 15) is 4.79 Å². The van der Waals surface area contributed by atoms with Crippen molar-refractivity contribution in [3.8, 4) is 0 Å². The number of nitrogens with one attached hydrogen (secondary N) is 2. The molecule has 0 aliphatic heterocycles. The van der Waals surface area contributed by atoms with Crippen LogP contribution < -0.4 is 16.4 Å². The fourth-order valence-corrected chi connectivity index (χ4v) is 2.71. The van der Waals surface area contributed by atoms with E-state index in [1.54, 1.807) is 0 Å². The van der Waals surface area contributed by atoms with Gasteiger partial charge in [0.05, 0.1) is 0 Å². The van der Waals surface area contributed by atoms with Crippen molar-refractivity contribution >= 4 is 11.8 Å². The van der Waals surface area contributed by atoms with Crippen molar-refractivity contribution < 1.29 is 9.53 Å². The van der Waals surface area contributed by atoms with Crippen molar-refractivity contribution in [1.29, 1.82) is 0 Å². The van der Waals surface area contributed by atoms with Crippen molar-refractivity contribution in [2.24, 2.45) is 5.73 Å². The zero-order valence-corrected chi connectivity index (χ0v) is 14.4. The molecule has 0 spiro atoms. The Bertz CT molecular complexity index is 500. The van der Waals surface area contributed by atoms with Crippen LogP contribution in [0.5, 0.6) is 0 Å². The Labute approximate surface area is 139 Å². The molecule has 1 saturated carbocycles. The summed E-state index contributed by atoms with van der Waals surface area (Å²) in [6, 6.07) is 8.79. The molecule has 5 nitrogen and oxygen atoms in total. The fraction of sp³-hybridized carbons (Fsp3) is 0.611. The van der Waals surface area contributed by atoms with Gasteiger partial charge in [-0.25, -0.2) is 4.79 Å². The second kappa shape index (κ2) is 7.79. The summed E-state index contributed by atoms with van der Waals surface area (Å²) in [6.07, 6.45) is 4.09. The molecule has 1 aliphatic rings. The summed E-state index contributed by atoms with van der Waals surface area (Å²) in [6.45, 7) is 6.38. The number of anilines is 1. The van der Waals surface area contributed by atoms with Gasteiger partial charge in [-0.15, -0.1) is 0 Å². The molecule has 1 aromatic carbocycles. The second-order valence-electron chi connectivity index (χ2n) is 7.32. The molecule has 0 unspecified atom stereocenters. The third kappa shape index (κ3) is 6.59. The predicted octanol–water partition coefficient (Wildman–Crippen LogP) is 3.39. The number of carbonyl (C=O) groups is 1. The minimum absolute atomic E-state index is 0.381. The van der Waals surface area contributed by atoms with Crippen molar-refractivity contribution in [2.75, 3.05) is 5.32 Å². The normalized spacial score (nSPS) is 21.7. The van der Waals surface area contributed by atoms with E-state index in [4.69, 9.17) is 10.5 Å². The van der Waals surface area contributed by atoms with Crippen molar-refractivity contribution in [3.05, 3.63) is 29.8 Å². The lowest BCUT2D eigenvalue weighted by Gasteiger charge is -2.27. The smallest absolute Gasteiger partial charge is 0.412 e. The van der Waals surface area contributed by atoms with Gasteiger partial charge in [-0.2, -0.15) is 0 Å². The topological polar surface area (TPSA) is 76.4 Å². The zero-order valence-electron chi connectivity index (χ0n) is 14.4. The van der Waals surface area contributed by atoms with Crippen LogP contribution in [0, 0.1) is 0 Å². The molecule has 1 aliphatic carbocycles. The van der Waals surface area contributed by atoms with E-state index in [1.165, 1.54) is 5.56 Å². The first-order valence-electron chi connectivity index (χ1n) is 8.40. The minimum Gasteiger partial charge on any atom is -0.444 e. The molecule has 0 bridgehead atoms. The number of amides is 1. The Morgan fingerprint density at radius 3 is 2.35 bits per heavy atom. The summed E-state index contributed by atoms with van der Waals surface area (Å²) in [4.78, 5) is 11.7. The van der Waals surface area contributed by atoms with Gasteiger partial charge < -0.3 is 15.8 Å². The first-order valence-corrected chi connectivity index (χ1v) is 8.40. The van der Waals surface area contributed by atoms with Crippen LogP contribution in [0.25, 0.3) is 0 Å². The molecular weight excluding hydrogens is 290 g/mol. The van der Waals surface area contributed by atoms with Crippen molar-refractivity contribution in [2.45, 2.75) is 70.7 Å². The number of rotatable bonds is 4. The summed E-state index contributed by atoms with van der Waals surface area (Å²) in [7, 11) is 0. The monoisotopic (exact) mass is 319 g/mol. The SMILES string of the molecule is CC(C)(C)OC(=O)Nc1ccc(CNC2CCC(N)CC2)cc1. The Balaban J connectivity index is 1.77. The van der Waals surface area contributed by atoms with Gasteiger partial charge in [-0.3, -0.25) is 5.32 Å². The number of ether oxygens (including phenoxy) is 1. The number of carbonyl (C=O) groups excluding carboxylic acids is 1. The quantitative estimate of drug-likeness (QED) is 0.795. The van der Waals surface area contributed by atoms with E-state index in [1.807, 2.05) is 45.0 Å². The lowest BCUT2D eigenvalue weighted by Crippen LogP contribution is -2.37. The van der Waals surface area contributed by atoms with Crippen LogP contribution in [-0.2, 0) is 11.3 Å². The number of hydrogen-bond donors (Lipinski definition) is 3. The summed E-state index contributed by atoms with van der Waals surface area (Å²) in [5, 5.41) is 6.32. The highest BCUT2D eigenvalue weighted by Crippen LogP contribution is 2.18. The second-order valence-corrected chi connectivity index (χ2v) is 7.32. The Kier molecular flexibility index (Phi) is 6.02. The van der Waals surface area contributed by atoms with Gasteiger partial charge in [-0.05, 0) is 64.2 Å². The van der Waals surface area contributed by atoms with Gasteiger partial charge in [0.1, 0.15) is 5.60 Å². The standard InChI is InChI=1S/C18H29N3O2/c1-18(2,3)23-17(22)21-16-8-4-13(5-9-16)12-20-15-10-6-14(19)7-11-15/h4-5,8-9,14-15,20H,6-7,10-12,19H2,1-3H3,(H,21,22). The van der Waals surface area contributed by atoms with E-state index in [0.717, 1.165) is 37.9 Å². The first-order chi connectivity index (χ1) is 10.8.